The average molecular weight is 357 g/mol. The van der Waals surface area contributed by atoms with E-state index in [0.717, 1.165) is 11.1 Å². The first-order valence-corrected chi connectivity index (χ1v) is 8.19. The van der Waals surface area contributed by atoms with Gasteiger partial charge in [-0.25, -0.2) is 4.79 Å². The van der Waals surface area contributed by atoms with E-state index in [1.54, 1.807) is 50.6 Å². The SMILES string of the molecule is COc1ccc(OC)c([C@@H](C)NC(=O)COC(=O)c2cccc(C)c2)c1. The van der Waals surface area contributed by atoms with E-state index >= 15 is 0 Å². The van der Waals surface area contributed by atoms with Crippen molar-refractivity contribution in [2.45, 2.75) is 19.9 Å². The summed E-state index contributed by atoms with van der Waals surface area (Å²) in [6, 6.07) is 12.0. The maximum absolute atomic E-state index is 12.1. The fourth-order valence-corrected chi connectivity index (χ4v) is 2.53. The van der Waals surface area contributed by atoms with Crippen molar-refractivity contribution < 1.29 is 23.8 Å². The minimum absolute atomic E-state index is 0.342. The molecular weight excluding hydrogens is 334 g/mol. The minimum atomic E-state index is -0.532. The molecule has 0 radical (unpaired) electrons. The molecule has 0 bridgehead atoms. The average Bonchev–Trinajstić information content (AvgIpc) is 2.65. The quantitative estimate of drug-likeness (QED) is 0.771. The zero-order valence-corrected chi connectivity index (χ0v) is 15.4. The summed E-state index contributed by atoms with van der Waals surface area (Å²) in [6.07, 6.45) is 0. The van der Waals surface area contributed by atoms with Crippen molar-refractivity contribution in [1.82, 2.24) is 5.32 Å². The van der Waals surface area contributed by atoms with Crippen molar-refractivity contribution in [3.63, 3.8) is 0 Å². The van der Waals surface area contributed by atoms with Gasteiger partial charge in [0.15, 0.2) is 6.61 Å². The Balaban J connectivity index is 1.96. The summed E-state index contributed by atoms with van der Waals surface area (Å²) in [5, 5.41) is 2.79. The number of aryl methyl sites for hydroxylation is 1. The lowest BCUT2D eigenvalue weighted by molar-refractivity contribution is -0.124. The van der Waals surface area contributed by atoms with Gasteiger partial charge < -0.3 is 19.5 Å². The first kappa shape index (κ1) is 19.3. The van der Waals surface area contributed by atoms with E-state index in [1.807, 2.05) is 19.9 Å². The first-order valence-electron chi connectivity index (χ1n) is 8.19. The number of benzene rings is 2. The number of nitrogens with one attached hydrogen (secondary N) is 1. The van der Waals surface area contributed by atoms with E-state index in [4.69, 9.17) is 14.2 Å². The Hall–Kier alpha value is -3.02. The van der Waals surface area contributed by atoms with Crippen molar-refractivity contribution in [3.8, 4) is 11.5 Å². The number of hydrogen-bond donors (Lipinski definition) is 1. The van der Waals surface area contributed by atoms with E-state index in [-0.39, 0.29) is 12.6 Å². The van der Waals surface area contributed by atoms with Crippen molar-refractivity contribution in [1.29, 1.82) is 0 Å². The van der Waals surface area contributed by atoms with Crippen LogP contribution in [-0.4, -0.2) is 32.7 Å². The summed E-state index contributed by atoms with van der Waals surface area (Å²) < 4.78 is 15.6. The molecule has 1 N–H and O–H groups in total. The van der Waals surface area contributed by atoms with Crippen LogP contribution in [0.5, 0.6) is 11.5 Å². The fourth-order valence-electron chi connectivity index (χ4n) is 2.53. The zero-order valence-electron chi connectivity index (χ0n) is 15.4. The predicted octanol–water partition coefficient (Wildman–Crippen LogP) is 3.05. The van der Waals surface area contributed by atoms with E-state index < -0.39 is 11.9 Å². The van der Waals surface area contributed by atoms with Gasteiger partial charge >= 0.3 is 5.97 Å². The van der Waals surface area contributed by atoms with Crippen LogP contribution >= 0.6 is 0 Å². The molecule has 0 fully saturated rings. The summed E-state index contributed by atoms with van der Waals surface area (Å²) in [7, 11) is 3.13. The van der Waals surface area contributed by atoms with Crippen molar-refractivity contribution >= 4 is 11.9 Å². The Kier molecular flexibility index (Phi) is 6.60. The minimum Gasteiger partial charge on any atom is -0.497 e. The van der Waals surface area contributed by atoms with Crippen LogP contribution in [0.15, 0.2) is 42.5 Å². The molecule has 1 amide bonds. The molecule has 0 spiro atoms. The van der Waals surface area contributed by atoms with Gasteiger partial charge in [0.2, 0.25) is 0 Å². The van der Waals surface area contributed by atoms with Crippen LogP contribution in [-0.2, 0) is 9.53 Å². The lowest BCUT2D eigenvalue weighted by Crippen LogP contribution is -2.31. The molecule has 2 aromatic rings. The Morgan fingerprint density at radius 3 is 2.50 bits per heavy atom. The third-order valence-electron chi connectivity index (χ3n) is 3.87. The monoisotopic (exact) mass is 357 g/mol. The third-order valence-corrected chi connectivity index (χ3v) is 3.87. The molecular formula is C20H23NO5. The second-order valence-electron chi connectivity index (χ2n) is 5.84. The number of amides is 1. The number of carbonyl (C=O) groups is 2. The number of esters is 1. The molecule has 0 saturated carbocycles. The Bertz CT molecular complexity index is 788. The standard InChI is InChI=1S/C20H23NO5/c1-13-6-5-7-15(10-13)20(23)26-12-19(22)21-14(2)17-11-16(24-3)8-9-18(17)25-4/h5-11,14H,12H2,1-4H3,(H,21,22)/t14-/m1/s1. The van der Waals surface area contributed by atoms with E-state index in [9.17, 15) is 9.59 Å². The molecule has 6 nitrogen and oxygen atoms in total. The molecule has 0 aliphatic heterocycles. The molecule has 0 saturated heterocycles. The van der Waals surface area contributed by atoms with Gasteiger partial charge in [-0.1, -0.05) is 17.7 Å². The van der Waals surface area contributed by atoms with Crippen molar-refractivity contribution in [2.75, 3.05) is 20.8 Å². The largest absolute Gasteiger partial charge is 0.497 e. The molecule has 6 heteroatoms. The summed E-state index contributed by atoms with van der Waals surface area (Å²) in [6.45, 7) is 3.34. The highest BCUT2D eigenvalue weighted by atomic mass is 16.5. The van der Waals surface area contributed by atoms with Gasteiger partial charge in [0.05, 0.1) is 25.8 Å². The molecule has 2 rings (SSSR count). The number of ether oxygens (including phenoxy) is 3. The summed E-state index contributed by atoms with van der Waals surface area (Å²) >= 11 is 0. The Morgan fingerprint density at radius 1 is 1.08 bits per heavy atom. The summed E-state index contributed by atoms with van der Waals surface area (Å²) in [4.78, 5) is 24.1. The van der Waals surface area contributed by atoms with Crippen LogP contribution < -0.4 is 14.8 Å². The number of methoxy groups -OCH3 is 2. The van der Waals surface area contributed by atoms with Crippen molar-refractivity contribution in [2.24, 2.45) is 0 Å². The lowest BCUT2D eigenvalue weighted by atomic mass is 10.1. The van der Waals surface area contributed by atoms with Crippen molar-refractivity contribution in [3.05, 3.63) is 59.2 Å². The Labute approximate surface area is 153 Å². The third kappa shape index (κ3) is 4.99. The lowest BCUT2D eigenvalue weighted by Gasteiger charge is -2.18. The van der Waals surface area contributed by atoms with Gasteiger partial charge in [-0.2, -0.15) is 0 Å². The van der Waals surface area contributed by atoms with Gasteiger partial charge in [-0.15, -0.1) is 0 Å². The van der Waals surface area contributed by atoms with Gasteiger partial charge in [0, 0.05) is 5.56 Å². The molecule has 1 atom stereocenters. The first-order chi connectivity index (χ1) is 12.4. The predicted molar refractivity (Wildman–Crippen MR) is 97.6 cm³/mol. The summed E-state index contributed by atoms with van der Waals surface area (Å²) in [5.41, 5.74) is 2.13. The molecule has 0 heterocycles. The van der Waals surface area contributed by atoms with E-state index in [0.29, 0.717) is 17.1 Å². The smallest absolute Gasteiger partial charge is 0.338 e. The molecule has 26 heavy (non-hydrogen) atoms. The van der Waals surface area contributed by atoms with Crippen LogP contribution in [0.4, 0.5) is 0 Å². The topological polar surface area (TPSA) is 73.9 Å². The van der Waals surface area contributed by atoms with Gasteiger partial charge in [0.25, 0.3) is 5.91 Å². The second-order valence-corrected chi connectivity index (χ2v) is 5.84. The highest BCUT2D eigenvalue weighted by Crippen LogP contribution is 2.29. The van der Waals surface area contributed by atoms with Gasteiger partial charge in [0.1, 0.15) is 11.5 Å². The summed E-state index contributed by atoms with van der Waals surface area (Å²) in [5.74, 6) is 0.363. The van der Waals surface area contributed by atoms with Crippen LogP contribution in [0.2, 0.25) is 0 Å². The number of hydrogen-bond acceptors (Lipinski definition) is 5. The Morgan fingerprint density at radius 2 is 1.85 bits per heavy atom. The van der Waals surface area contributed by atoms with Crippen LogP contribution in [0, 0.1) is 6.92 Å². The van der Waals surface area contributed by atoms with Gasteiger partial charge in [-0.05, 0) is 44.2 Å². The molecule has 0 aromatic heterocycles. The maximum Gasteiger partial charge on any atom is 0.338 e. The van der Waals surface area contributed by atoms with Crippen LogP contribution in [0.3, 0.4) is 0 Å². The fraction of sp³-hybridized carbons (Fsp3) is 0.300. The zero-order chi connectivity index (χ0) is 19.1. The van der Waals surface area contributed by atoms with E-state index in [1.165, 1.54) is 0 Å². The van der Waals surface area contributed by atoms with Gasteiger partial charge in [-0.3, -0.25) is 4.79 Å². The molecule has 0 unspecified atom stereocenters. The second kappa shape index (κ2) is 8.89. The molecule has 2 aromatic carbocycles. The van der Waals surface area contributed by atoms with E-state index in [2.05, 4.69) is 5.32 Å². The molecule has 0 aliphatic rings. The molecule has 0 aliphatic carbocycles. The van der Waals surface area contributed by atoms with Crippen LogP contribution in [0.1, 0.15) is 34.5 Å². The highest BCUT2D eigenvalue weighted by molar-refractivity contribution is 5.91. The number of carbonyl (C=O) groups excluding carboxylic acids is 2. The number of rotatable bonds is 7. The normalized spacial score (nSPS) is 11.4. The molecule has 138 valence electrons. The van der Waals surface area contributed by atoms with Crippen LogP contribution in [0.25, 0.3) is 0 Å². The highest BCUT2D eigenvalue weighted by Gasteiger charge is 2.17. The maximum atomic E-state index is 12.1.